The minimum atomic E-state index is 0.559. The molecule has 0 saturated heterocycles. The Bertz CT molecular complexity index is 1070. The van der Waals surface area contributed by atoms with Crippen molar-refractivity contribution in [1.82, 2.24) is 29.4 Å². The van der Waals surface area contributed by atoms with Crippen LogP contribution in [0.1, 0.15) is 12.5 Å². The second-order valence-corrected chi connectivity index (χ2v) is 6.88. The second kappa shape index (κ2) is 7.74. The van der Waals surface area contributed by atoms with Gasteiger partial charge in [-0.3, -0.25) is 4.98 Å². The topological polar surface area (TPSA) is 71.8 Å². The minimum absolute atomic E-state index is 0.559. The van der Waals surface area contributed by atoms with Gasteiger partial charge in [0.1, 0.15) is 11.3 Å². The molecule has 0 amide bonds. The Morgan fingerprint density at radius 2 is 1.75 bits per heavy atom. The van der Waals surface area contributed by atoms with E-state index >= 15 is 0 Å². The maximum atomic E-state index is 4.72. The van der Waals surface area contributed by atoms with E-state index < -0.39 is 0 Å². The molecule has 4 aromatic rings. The molecule has 4 rings (SSSR count). The fourth-order valence-electron chi connectivity index (χ4n) is 3.19. The Labute approximate surface area is 164 Å². The second-order valence-electron chi connectivity index (χ2n) is 6.88. The highest BCUT2D eigenvalue weighted by Gasteiger charge is 2.14. The summed E-state index contributed by atoms with van der Waals surface area (Å²) in [5.41, 5.74) is 4.83. The van der Waals surface area contributed by atoms with Crippen LogP contribution >= 0.6 is 0 Å². The molecule has 142 valence electrons. The number of rotatable bonds is 6. The normalized spacial score (nSPS) is 11.3. The van der Waals surface area contributed by atoms with Crippen LogP contribution in [0, 0.1) is 0 Å². The summed E-state index contributed by atoms with van der Waals surface area (Å²) in [6, 6.07) is 12.2. The van der Waals surface area contributed by atoms with Gasteiger partial charge in [0.15, 0.2) is 5.65 Å². The lowest BCUT2D eigenvalue weighted by molar-refractivity contribution is 0.402. The Morgan fingerprint density at radius 1 is 1.00 bits per heavy atom. The van der Waals surface area contributed by atoms with Crippen LogP contribution in [0.25, 0.3) is 22.6 Å². The predicted octanol–water partition coefficient (Wildman–Crippen LogP) is 3.71. The molecule has 0 aliphatic rings. The van der Waals surface area contributed by atoms with Gasteiger partial charge in [0, 0.05) is 36.7 Å². The molecule has 7 nitrogen and oxygen atoms in total. The Kier molecular flexibility index (Phi) is 4.99. The van der Waals surface area contributed by atoms with Crippen LogP contribution in [0.15, 0.2) is 55.0 Å². The highest BCUT2D eigenvalue weighted by Crippen LogP contribution is 2.24. The highest BCUT2D eigenvalue weighted by atomic mass is 15.2. The van der Waals surface area contributed by atoms with E-state index in [0.29, 0.717) is 5.95 Å². The molecule has 1 N–H and O–H groups in total. The summed E-state index contributed by atoms with van der Waals surface area (Å²) >= 11 is 0. The molecule has 3 heterocycles. The smallest absolute Gasteiger partial charge is 0.229 e. The lowest BCUT2D eigenvalue weighted by atomic mass is 10.2. The molecule has 3 aromatic heterocycles. The van der Waals surface area contributed by atoms with Crippen molar-refractivity contribution in [1.29, 1.82) is 0 Å². The first kappa shape index (κ1) is 18.1. The standard InChI is InChI=1S/C21H23N7/c1-4-28-19(16-9-11-22-12-10-16)25-18-13-23-21(26-20(18)28)24-17-7-5-15(6-8-17)14-27(2)3/h5-13H,4,14H2,1-3H3,(H,23,24,26). The van der Waals surface area contributed by atoms with Crippen molar-refractivity contribution >= 4 is 22.8 Å². The van der Waals surface area contributed by atoms with Crippen molar-refractivity contribution in [3.8, 4) is 11.4 Å². The monoisotopic (exact) mass is 373 g/mol. The predicted molar refractivity (Wildman–Crippen MR) is 111 cm³/mol. The summed E-state index contributed by atoms with van der Waals surface area (Å²) in [6.45, 7) is 3.77. The number of pyridine rings is 1. The Balaban J connectivity index is 1.64. The first-order valence-electron chi connectivity index (χ1n) is 9.28. The molecule has 0 atom stereocenters. The minimum Gasteiger partial charge on any atom is -0.324 e. The molecular weight excluding hydrogens is 350 g/mol. The molecule has 0 bridgehead atoms. The van der Waals surface area contributed by atoms with Crippen molar-refractivity contribution < 1.29 is 0 Å². The van der Waals surface area contributed by atoms with Gasteiger partial charge in [0.05, 0.1) is 6.20 Å². The number of aromatic nitrogens is 5. The van der Waals surface area contributed by atoms with Crippen LogP contribution in [0.5, 0.6) is 0 Å². The molecule has 7 heteroatoms. The van der Waals surface area contributed by atoms with Crippen LogP contribution in [0.4, 0.5) is 11.6 Å². The van der Waals surface area contributed by atoms with E-state index in [4.69, 9.17) is 9.97 Å². The van der Waals surface area contributed by atoms with Crippen LogP contribution in [0.3, 0.4) is 0 Å². The molecule has 0 saturated carbocycles. The summed E-state index contributed by atoms with van der Waals surface area (Å²) in [5.74, 6) is 1.43. The van der Waals surface area contributed by atoms with E-state index in [1.54, 1.807) is 18.6 Å². The van der Waals surface area contributed by atoms with E-state index in [0.717, 1.165) is 41.3 Å². The van der Waals surface area contributed by atoms with E-state index in [1.807, 2.05) is 24.3 Å². The third-order valence-electron chi connectivity index (χ3n) is 4.45. The number of imidazole rings is 1. The third kappa shape index (κ3) is 3.70. The molecule has 0 aliphatic heterocycles. The number of aryl methyl sites for hydroxylation is 1. The lowest BCUT2D eigenvalue weighted by Gasteiger charge is -2.10. The molecule has 0 unspecified atom stereocenters. The SMILES string of the molecule is CCn1c(-c2ccncc2)nc2cnc(Nc3ccc(CN(C)C)cc3)nc21. The average Bonchev–Trinajstić information content (AvgIpc) is 3.07. The molecule has 0 fully saturated rings. The zero-order valence-corrected chi connectivity index (χ0v) is 16.3. The fourth-order valence-corrected chi connectivity index (χ4v) is 3.19. The zero-order chi connectivity index (χ0) is 19.5. The van der Waals surface area contributed by atoms with Gasteiger partial charge in [0.25, 0.3) is 0 Å². The zero-order valence-electron chi connectivity index (χ0n) is 16.3. The quantitative estimate of drug-likeness (QED) is 0.555. The molecule has 0 aliphatic carbocycles. The Morgan fingerprint density at radius 3 is 2.43 bits per heavy atom. The van der Waals surface area contributed by atoms with E-state index in [-0.39, 0.29) is 0 Å². The molecular formula is C21H23N7. The van der Waals surface area contributed by atoms with Gasteiger partial charge in [-0.15, -0.1) is 0 Å². The molecule has 0 radical (unpaired) electrons. The van der Waals surface area contributed by atoms with E-state index in [2.05, 4.69) is 57.9 Å². The van der Waals surface area contributed by atoms with E-state index in [9.17, 15) is 0 Å². The number of benzene rings is 1. The number of anilines is 2. The molecule has 0 spiro atoms. The van der Waals surface area contributed by atoms with Crippen LogP contribution in [-0.2, 0) is 13.1 Å². The van der Waals surface area contributed by atoms with Crippen molar-refractivity contribution in [3.63, 3.8) is 0 Å². The largest absolute Gasteiger partial charge is 0.324 e. The third-order valence-corrected chi connectivity index (χ3v) is 4.45. The van der Waals surface area contributed by atoms with Crippen molar-refractivity contribution in [2.75, 3.05) is 19.4 Å². The van der Waals surface area contributed by atoms with Crippen LogP contribution < -0.4 is 5.32 Å². The number of nitrogens with zero attached hydrogens (tertiary/aromatic N) is 6. The van der Waals surface area contributed by atoms with Gasteiger partial charge < -0.3 is 14.8 Å². The fraction of sp³-hybridized carbons (Fsp3) is 0.238. The summed E-state index contributed by atoms with van der Waals surface area (Å²) < 4.78 is 2.09. The first-order valence-corrected chi connectivity index (χ1v) is 9.28. The first-order chi connectivity index (χ1) is 13.6. The van der Waals surface area contributed by atoms with Crippen LogP contribution in [0.2, 0.25) is 0 Å². The van der Waals surface area contributed by atoms with Gasteiger partial charge in [-0.2, -0.15) is 4.98 Å². The van der Waals surface area contributed by atoms with Crippen LogP contribution in [-0.4, -0.2) is 43.5 Å². The summed E-state index contributed by atoms with van der Waals surface area (Å²) in [4.78, 5) is 20.1. The maximum Gasteiger partial charge on any atom is 0.229 e. The highest BCUT2D eigenvalue weighted by molar-refractivity contribution is 5.77. The molecule has 1 aromatic carbocycles. The summed E-state index contributed by atoms with van der Waals surface area (Å²) in [6.07, 6.45) is 5.31. The van der Waals surface area contributed by atoms with Gasteiger partial charge in [-0.1, -0.05) is 12.1 Å². The Hall–Kier alpha value is -3.32. The van der Waals surface area contributed by atoms with Crippen molar-refractivity contribution in [2.24, 2.45) is 0 Å². The average molecular weight is 373 g/mol. The number of nitrogens with one attached hydrogen (secondary N) is 1. The number of hydrogen-bond acceptors (Lipinski definition) is 6. The van der Waals surface area contributed by atoms with Gasteiger partial charge in [0.2, 0.25) is 5.95 Å². The molecule has 28 heavy (non-hydrogen) atoms. The lowest BCUT2D eigenvalue weighted by Crippen LogP contribution is -2.10. The maximum absolute atomic E-state index is 4.72. The summed E-state index contributed by atoms with van der Waals surface area (Å²) in [7, 11) is 4.12. The van der Waals surface area contributed by atoms with Gasteiger partial charge in [-0.25, -0.2) is 9.97 Å². The number of fused-ring (bicyclic) bond motifs is 1. The summed E-state index contributed by atoms with van der Waals surface area (Å²) in [5, 5.41) is 3.29. The van der Waals surface area contributed by atoms with Crippen molar-refractivity contribution in [3.05, 3.63) is 60.6 Å². The van der Waals surface area contributed by atoms with E-state index in [1.165, 1.54) is 5.56 Å². The number of hydrogen-bond donors (Lipinski definition) is 1. The van der Waals surface area contributed by atoms with Gasteiger partial charge >= 0.3 is 0 Å². The van der Waals surface area contributed by atoms with Gasteiger partial charge in [-0.05, 0) is 50.8 Å². The van der Waals surface area contributed by atoms with Crippen molar-refractivity contribution in [2.45, 2.75) is 20.0 Å².